The van der Waals surface area contributed by atoms with Crippen molar-refractivity contribution in [1.29, 1.82) is 0 Å². The Hall–Kier alpha value is -4.28. The van der Waals surface area contributed by atoms with Crippen molar-refractivity contribution in [3.63, 3.8) is 0 Å². The summed E-state index contributed by atoms with van der Waals surface area (Å²) in [5, 5.41) is 11.4. The fourth-order valence-corrected chi connectivity index (χ4v) is 6.64. The highest BCUT2D eigenvalue weighted by molar-refractivity contribution is 7.17. The maximum absolute atomic E-state index is 15.3. The number of benzene rings is 1. The van der Waals surface area contributed by atoms with Crippen molar-refractivity contribution in [1.82, 2.24) is 35.5 Å². The largest absolute Gasteiger partial charge is 0.335 e. The number of nitrogens with one attached hydrogen (secondary N) is 3. The van der Waals surface area contributed by atoms with Crippen molar-refractivity contribution >= 4 is 39.2 Å². The molecule has 1 aliphatic carbocycles. The predicted octanol–water partition coefficient (Wildman–Crippen LogP) is 6.91. The van der Waals surface area contributed by atoms with E-state index < -0.39 is 5.82 Å². The van der Waals surface area contributed by atoms with E-state index in [1.807, 2.05) is 30.5 Å². The van der Waals surface area contributed by atoms with E-state index in [2.05, 4.69) is 36.5 Å². The summed E-state index contributed by atoms with van der Waals surface area (Å²) in [6, 6.07) is 11.1. The second-order valence-electron chi connectivity index (χ2n) is 10.7. The van der Waals surface area contributed by atoms with Crippen LogP contribution in [-0.4, -0.2) is 42.5 Å². The monoisotopic (exact) mass is 565 g/mol. The van der Waals surface area contributed by atoms with E-state index in [0.717, 1.165) is 46.1 Å². The molecular formula is C31H28FN7OS. The molecule has 8 nitrogen and oxygen atoms in total. The lowest BCUT2D eigenvalue weighted by Crippen LogP contribution is -2.20. The minimum absolute atomic E-state index is 0.0275. The Morgan fingerprint density at radius 2 is 2.00 bits per heavy atom. The minimum atomic E-state index is -0.421. The summed E-state index contributed by atoms with van der Waals surface area (Å²) in [5.41, 5.74) is 5.58. The van der Waals surface area contributed by atoms with Crippen LogP contribution in [0.25, 0.3) is 55.2 Å². The number of fused-ring (bicyclic) bond motifs is 2. The molecule has 0 aliphatic heterocycles. The zero-order valence-corrected chi connectivity index (χ0v) is 23.3. The third-order valence-corrected chi connectivity index (χ3v) is 9.04. The van der Waals surface area contributed by atoms with Crippen LogP contribution in [0.2, 0.25) is 0 Å². The van der Waals surface area contributed by atoms with Crippen molar-refractivity contribution < 1.29 is 9.18 Å². The van der Waals surface area contributed by atoms with Gasteiger partial charge in [-0.25, -0.2) is 14.4 Å². The molecule has 0 atom stereocenters. The maximum Gasteiger partial charge on any atom is 0.178 e. The number of hydrogen-bond donors (Lipinski definition) is 3. The zero-order valence-electron chi connectivity index (χ0n) is 22.5. The highest BCUT2D eigenvalue weighted by Crippen LogP contribution is 2.36. The highest BCUT2D eigenvalue weighted by Gasteiger charge is 2.19. The average Bonchev–Trinajstić information content (AvgIpc) is 3.78. The lowest BCUT2D eigenvalue weighted by molar-refractivity contribution is 0.102. The molecule has 5 heterocycles. The van der Waals surface area contributed by atoms with Gasteiger partial charge in [0.1, 0.15) is 11.2 Å². The Kier molecular flexibility index (Phi) is 6.64. The van der Waals surface area contributed by atoms with Crippen LogP contribution in [-0.2, 0) is 6.54 Å². The van der Waals surface area contributed by atoms with Crippen LogP contribution in [0.4, 0.5) is 4.39 Å². The summed E-state index contributed by atoms with van der Waals surface area (Å²) in [5.74, 6) is 0.870. The van der Waals surface area contributed by atoms with Gasteiger partial charge >= 0.3 is 0 Å². The number of aromatic nitrogens is 6. The second-order valence-corrected chi connectivity index (χ2v) is 11.8. The second kappa shape index (κ2) is 10.6. The zero-order chi connectivity index (χ0) is 27.9. The molecule has 206 valence electrons. The van der Waals surface area contributed by atoms with E-state index >= 15 is 4.39 Å². The van der Waals surface area contributed by atoms with Crippen LogP contribution < -0.4 is 5.32 Å². The number of aromatic amines is 2. The Labute approximate surface area is 239 Å². The molecule has 0 unspecified atom stereocenters. The Balaban J connectivity index is 1.22. The van der Waals surface area contributed by atoms with Crippen LogP contribution >= 0.6 is 11.3 Å². The Morgan fingerprint density at radius 1 is 1.12 bits per heavy atom. The number of halogens is 1. The van der Waals surface area contributed by atoms with Crippen LogP contribution in [0, 0.1) is 11.7 Å². The summed E-state index contributed by atoms with van der Waals surface area (Å²) < 4.78 is 15.3. The first-order chi connectivity index (χ1) is 20.0. The number of H-pyrrole nitrogens is 2. The summed E-state index contributed by atoms with van der Waals surface area (Å²) in [6.45, 7) is 3.30. The van der Waals surface area contributed by atoms with Crippen molar-refractivity contribution in [2.75, 3.05) is 6.54 Å². The third kappa shape index (κ3) is 4.93. The van der Waals surface area contributed by atoms with Gasteiger partial charge in [0.2, 0.25) is 0 Å². The van der Waals surface area contributed by atoms with Crippen molar-refractivity contribution in [3.05, 3.63) is 71.2 Å². The summed E-state index contributed by atoms with van der Waals surface area (Å²) >= 11 is 1.43. The van der Waals surface area contributed by atoms with Gasteiger partial charge in [-0.15, -0.1) is 11.3 Å². The first kappa shape index (κ1) is 25.7. The molecule has 1 saturated carbocycles. The quantitative estimate of drug-likeness (QED) is 0.173. The molecule has 6 aromatic rings. The van der Waals surface area contributed by atoms with E-state index in [9.17, 15) is 4.79 Å². The number of carbonyl (C=O) groups excluding carboxylic acids is 1. The van der Waals surface area contributed by atoms with E-state index in [4.69, 9.17) is 4.98 Å². The first-order valence-electron chi connectivity index (χ1n) is 13.8. The Morgan fingerprint density at radius 3 is 2.83 bits per heavy atom. The van der Waals surface area contributed by atoms with Gasteiger partial charge in [-0.2, -0.15) is 5.10 Å². The average molecular weight is 566 g/mol. The van der Waals surface area contributed by atoms with Crippen LogP contribution in [0.1, 0.15) is 47.8 Å². The number of hydrogen-bond acceptors (Lipinski definition) is 7. The third-order valence-electron chi connectivity index (χ3n) is 7.82. The maximum atomic E-state index is 15.3. The number of thiophene rings is 1. The molecular weight excluding hydrogens is 537 g/mol. The van der Waals surface area contributed by atoms with Gasteiger partial charge in [-0.1, -0.05) is 12.8 Å². The molecule has 41 heavy (non-hydrogen) atoms. The fourth-order valence-electron chi connectivity index (χ4n) is 5.71. The molecule has 1 aliphatic rings. The van der Waals surface area contributed by atoms with Crippen molar-refractivity contribution in [2.45, 2.75) is 39.2 Å². The van der Waals surface area contributed by atoms with Gasteiger partial charge in [-0.3, -0.25) is 14.9 Å². The van der Waals surface area contributed by atoms with E-state index in [1.54, 1.807) is 19.3 Å². The SMILES string of the molecule is CC(=O)c1ccc(-c2ccnc3nc(-c4[nH]nc5c(F)cc(-c6cncc(CNCC7CCCC7)c6)cc45)[nH]c23)s1. The Bertz CT molecular complexity index is 1900. The first-order valence-corrected chi connectivity index (χ1v) is 14.6. The summed E-state index contributed by atoms with van der Waals surface area (Å²) in [7, 11) is 0. The van der Waals surface area contributed by atoms with E-state index in [1.165, 1.54) is 43.1 Å². The molecule has 10 heteroatoms. The van der Waals surface area contributed by atoms with Crippen molar-refractivity contribution in [2.24, 2.45) is 5.92 Å². The molecule has 7 rings (SSSR count). The minimum Gasteiger partial charge on any atom is -0.335 e. The number of ketones is 1. The number of rotatable bonds is 8. The lowest BCUT2D eigenvalue weighted by atomic mass is 10.0. The molecule has 0 radical (unpaired) electrons. The molecule has 0 amide bonds. The van der Waals surface area contributed by atoms with Gasteiger partial charge in [0.05, 0.1) is 10.4 Å². The van der Waals surface area contributed by atoms with Gasteiger partial charge < -0.3 is 10.3 Å². The smallest absolute Gasteiger partial charge is 0.178 e. The number of Topliss-reactive ketones (excluding diaryl/α,β-unsaturated/α-hetero) is 1. The molecule has 0 spiro atoms. The van der Waals surface area contributed by atoms with Crippen LogP contribution in [0.3, 0.4) is 0 Å². The van der Waals surface area contributed by atoms with E-state index in [-0.39, 0.29) is 11.3 Å². The topological polar surface area (TPSA) is 112 Å². The van der Waals surface area contributed by atoms with Gasteiger partial charge in [-0.05, 0) is 79.8 Å². The molecule has 0 bridgehead atoms. The van der Waals surface area contributed by atoms with Gasteiger partial charge in [0.25, 0.3) is 0 Å². The standard InChI is InChI=1S/C31H28FN7OS/c1-17(40)25-6-7-26(41-25)22-8-9-35-30-28(22)36-31(37-30)29-23-11-20(12-24(32)27(23)38-39-29)21-10-19(15-34-16-21)14-33-13-18-4-2-3-5-18/h6-12,15-16,18,33H,2-5,13-14H2,1H3,(H,38,39)(H,35,36,37). The number of pyridine rings is 2. The fraction of sp³-hybridized carbons (Fsp3) is 0.258. The number of nitrogens with zero attached hydrogens (tertiary/aromatic N) is 4. The summed E-state index contributed by atoms with van der Waals surface area (Å²) in [4.78, 5) is 30.4. The lowest BCUT2D eigenvalue weighted by Gasteiger charge is -2.11. The highest BCUT2D eigenvalue weighted by atomic mass is 32.1. The van der Waals surface area contributed by atoms with E-state index in [0.29, 0.717) is 33.0 Å². The molecule has 3 N–H and O–H groups in total. The molecule has 0 saturated heterocycles. The van der Waals surface area contributed by atoms with Gasteiger partial charge in [0, 0.05) is 46.5 Å². The van der Waals surface area contributed by atoms with Gasteiger partial charge in [0.15, 0.2) is 23.1 Å². The molecule has 5 aromatic heterocycles. The predicted molar refractivity (Wildman–Crippen MR) is 159 cm³/mol. The van der Waals surface area contributed by atoms with Crippen LogP contribution in [0.15, 0.2) is 55.0 Å². The molecule has 1 fully saturated rings. The summed E-state index contributed by atoms with van der Waals surface area (Å²) in [6.07, 6.45) is 10.6. The normalized spacial score (nSPS) is 14.0. The molecule has 1 aromatic carbocycles. The number of imidazole rings is 1. The number of carbonyl (C=O) groups is 1. The van der Waals surface area contributed by atoms with Crippen LogP contribution in [0.5, 0.6) is 0 Å². The van der Waals surface area contributed by atoms with Crippen molar-refractivity contribution in [3.8, 4) is 33.1 Å².